The Morgan fingerprint density at radius 2 is 2.05 bits per heavy atom. The second kappa shape index (κ2) is 4.57. The molecule has 0 aromatic heterocycles. The van der Waals surface area contributed by atoms with E-state index in [0.29, 0.717) is 11.8 Å². The van der Waals surface area contributed by atoms with E-state index >= 15 is 0 Å². The van der Waals surface area contributed by atoms with Crippen LogP contribution in [-0.4, -0.2) is 48.1 Å². The number of piperidine rings is 1. The van der Waals surface area contributed by atoms with E-state index in [9.17, 15) is 4.79 Å². The monoisotopic (exact) mass is 277 g/mol. The molecule has 4 heteroatoms. The van der Waals surface area contributed by atoms with Crippen LogP contribution in [0.15, 0.2) is 11.3 Å². The van der Waals surface area contributed by atoms with Gasteiger partial charge in [0, 0.05) is 19.0 Å². The Bertz CT molecular complexity index is 472. The zero-order chi connectivity index (χ0) is 13.9. The highest BCUT2D eigenvalue weighted by Crippen LogP contribution is 2.43. The van der Waals surface area contributed by atoms with Gasteiger partial charge in [-0.2, -0.15) is 0 Å². The van der Waals surface area contributed by atoms with Crippen LogP contribution in [-0.2, 0) is 14.3 Å². The van der Waals surface area contributed by atoms with Crippen LogP contribution in [0.5, 0.6) is 0 Å². The summed E-state index contributed by atoms with van der Waals surface area (Å²) in [7, 11) is 0. The fourth-order valence-corrected chi connectivity index (χ4v) is 4.61. The lowest BCUT2D eigenvalue weighted by Crippen LogP contribution is -2.55. The van der Waals surface area contributed by atoms with Crippen LogP contribution in [0, 0.1) is 5.92 Å². The van der Waals surface area contributed by atoms with E-state index in [1.807, 2.05) is 6.92 Å². The van der Waals surface area contributed by atoms with Gasteiger partial charge in [0.15, 0.2) is 5.78 Å². The summed E-state index contributed by atoms with van der Waals surface area (Å²) >= 11 is 0. The lowest BCUT2D eigenvalue weighted by atomic mass is 9.77. The molecule has 4 aliphatic rings. The van der Waals surface area contributed by atoms with E-state index in [1.165, 1.54) is 6.42 Å². The quantitative estimate of drug-likeness (QED) is 0.678. The minimum Gasteiger partial charge on any atom is -0.493 e. The molecule has 0 aromatic carbocycles. The van der Waals surface area contributed by atoms with Gasteiger partial charge in [0.1, 0.15) is 11.9 Å². The Kier molecular flexibility index (Phi) is 2.93. The molecule has 4 heterocycles. The van der Waals surface area contributed by atoms with Crippen LogP contribution in [0.2, 0.25) is 0 Å². The van der Waals surface area contributed by atoms with Gasteiger partial charge in [-0.15, -0.1) is 0 Å². The largest absolute Gasteiger partial charge is 0.493 e. The number of carbonyl (C=O) groups is 1. The maximum atomic E-state index is 13.0. The number of carbonyl (C=O) groups excluding carboxylic acids is 1. The second-order valence-electron chi connectivity index (χ2n) is 6.71. The molecular formula is C16H23NO3. The Hall–Kier alpha value is -0.870. The molecule has 0 bridgehead atoms. The fraction of sp³-hybridized carbons (Fsp3) is 0.812. The van der Waals surface area contributed by atoms with Crippen molar-refractivity contribution in [3.8, 4) is 0 Å². The van der Waals surface area contributed by atoms with Crippen LogP contribution < -0.4 is 0 Å². The Morgan fingerprint density at radius 1 is 1.20 bits per heavy atom. The number of nitrogens with zero attached hydrogens (tertiary/aromatic N) is 1. The summed E-state index contributed by atoms with van der Waals surface area (Å²) in [6.07, 6.45) is 4.26. The number of ether oxygens (including phenoxy) is 2. The lowest BCUT2D eigenvalue weighted by molar-refractivity contribution is -0.139. The molecule has 20 heavy (non-hydrogen) atoms. The number of hydrogen-bond donors (Lipinski definition) is 0. The third-order valence-corrected chi connectivity index (χ3v) is 5.41. The Labute approximate surface area is 120 Å². The van der Waals surface area contributed by atoms with E-state index < -0.39 is 0 Å². The van der Waals surface area contributed by atoms with Crippen molar-refractivity contribution in [3.63, 3.8) is 0 Å². The molecule has 2 saturated heterocycles. The molecule has 0 N–H and O–H groups in total. The van der Waals surface area contributed by atoms with Crippen molar-refractivity contribution in [2.45, 2.75) is 63.9 Å². The number of rotatable bonds is 0. The molecule has 2 fully saturated rings. The smallest absolute Gasteiger partial charge is 0.173 e. The standard InChI is InChI=1S/C16H23NO3/c1-9-8-13-14(10(2)19-9)16(18)15-11-4-3-6-17(11)7-5-12(15)20-13/h9-12,15H,3-8H2,1-2H3. The molecule has 4 rings (SSSR count). The topological polar surface area (TPSA) is 38.8 Å². The Balaban J connectivity index is 1.70. The van der Waals surface area contributed by atoms with Crippen molar-refractivity contribution < 1.29 is 14.3 Å². The van der Waals surface area contributed by atoms with Gasteiger partial charge in [-0.3, -0.25) is 9.69 Å². The molecule has 0 aromatic rings. The van der Waals surface area contributed by atoms with Gasteiger partial charge in [-0.1, -0.05) is 0 Å². The van der Waals surface area contributed by atoms with Crippen LogP contribution in [0.3, 0.4) is 0 Å². The first-order valence-corrected chi connectivity index (χ1v) is 7.98. The summed E-state index contributed by atoms with van der Waals surface area (Å²) in [5.41, 5.74) is 0.832. The number of hydrogen-bond acceptors (Lipinski definition) is 4. The first-order chi connectivity index (χ1) is 9.65. The summed E-state index contributed by atoms with van der Waals surface area (Å²) in [5.74, 6) is 1.28. The normalized spacial score (nSPS) is 44.7. The lowest BCUT2D eigenvalue weighted by Gasteiger charge is -2.46. The van der Waals surface area contributed by atoms with E-state index in [-0.39, 0.29) is 24.2 Å². The molecule has 5 atom stereocenters. The molecule has 0 aliphatic carbocycles. The van der Waals surface area contributed by atoms with Crippen molar-refractivity contribution in [1.82, 2.24) is 4.90 Å². The van der Waals surface area contributed by atoms with Gasteiger partial charge in [-0.25, -0.2) is 0 Å². The molecule has 0 saturated carbocycles. The molecule has 0 radical (unpaired) electrons. The number of ketones is 1. The maximum absolute atomic E-state index is 13.0. The van der Waals surface area contributed by atoms with Crippen molar-refractivity contribution in [1.29, 1.82) is 0 Å². The summed E-state index contributed by atoms with van der Waals surface area (Å²) in [5, 5.41) is 0. The summed E-state index contributed by atoms with van der Waals surface area (Å²) < 4.78 is 12.1. The molecule has 4 aliphatic heterocycles. The van der Waals surface area contributed by atoms with Gasteiger partial charge < -0.3 is 9.47 Å². The summed E-state index contributed by atoms with van der Waals surface area (Å²) in [6.45, 7) is 6.28. The van der Waals surface area contributed by atoms with E-state index in [1.54, 1.807) is 0 Å². The molecule has 0 amide bonds. The SMILES string of the molecule is CC1CC2=C(C(=O)C3C(CCN4CCCC34)O2)C(C)O1. The van der Waals surface area contributed by atoms with E-state index in [4.69, 9.17) is 9.47 Å². The van der Waals surface area contributed by atoms with Crippen LogP contribution in [0.25, 0.3) is 0 Å². The number of Topliss-reactive ketones (excluding diaryl/α,β-unsaturated/α-hetero) is 1. The molecule has 110 valence electrons. The van der Waals surface area contributed by atoms with E-state index in [0.717, 1.165) is 43.7 Å². The predicted octanol–water partition coefficient (Wildman–Crippen LogP) is 1.89. The second-order valence-corrected chi connectivity index (χ2v) is 6.71. The average Bonchev–Trinajstić information content (AvgIpc) is 2.85. The van der Waals surface area contributed by atoms with Crippen LogP contribution >= 0.6 is 0 Å². The molecule has 5 unspecified atom stereocenters. The van der Waals surface area contributed by atoms with Crippen molar-refractivity contribution in [2.75, 3.05) is 13.1 Å². The molecule has 4 nitrogen and oxygen atoms in total. The first kappa shape index (κ1) is 12.8. The summed E-state index contributed by atoms with van der Waals surface area (Å²) in [4.78, 5) is 15.5. The number of fused-ring (bicyclic) bond motifs is 3. The zero-order valence-corrected chi connectivity index (χ0v) is 12.3. The van der Waals surface area contributed by atoms with Gasteiger partial charge in [0.05, 0.1) is 23.7 Å². The molecule has 0 spiro atoms. The first-order valence-electron chi connectivity index (χ1n) is 7.98. The highest BCUT2D eigenvalue weighted by Gasteiger charge is 2.51. The van der Waals surface area contributed by atoms with Crippen molar-refractivity contribution in [3.05, 3.63) is 11.3 Å². The summed E-state index contributed by atoms with van der Waals surface area (Å²) in [6, 6.07) is 0.404. The predicted molar refractivity (Wildman–Crippen MR) is 74.2 cm³/mol. The highest BCUT2D eigenvalue weighted by molar-refractivity contribution is 6.00. The highest BCUT2D eigenvalue weighted by atomic mass is 16.5. The third-order valence-electron chi connectivity index (χ3n) is 5.41. The van der Waals surface area contributed by atoms with Crippen LogP contribution in [0.1, 0.15) is 39.5 Å². The van der Waals surface area contributed by atoms with Gasteiger partial charge in [0.25, 0.3) is 0 Å². The average molecular weight is 277 g/mol. The Morgan fingerprint density at radius 3 is 2.90 bits per heavy atom. The third kappa shape index (κ3) is 1.77. The van der Waals surface area contributed by atoms with E-state index in [2.05, 4.69) is 11.8 Å². The minimum absolute atomic E-state index is 0.0458. The zero-order valence-electron chi connectivity index (χ0n) is 12.3. The maximum Gasteiger partial charge on any atom is 0.173 e. The fourth-order valence-electron chi connectivity index (χ4n) is 4.61. The van der Waals surface area contributed by atoms with Crippen molar-refractivity contribution >= 4 is 5.78 Å². The molecular weight excluding hydrogens is 254 g/mol. The van der Waals surface area contributed by atoms with Crippen LogP contribution in [0.4, 0.5) is 0 Å². The minimum atomic E-state index is -0.112. The van der Waals surface area contributed by atoms with Crippen molar-refractivity contribution in [2.24, 2.45) is 5.92 Å². The van der Waals surface area contributed by atoms with Gasteiger partial charge in [-0.05, 0) is 39.7 Å². The van der Waals surface area contributed by atoms with Gasteiger partial charge in [0.2, 0.25) is 0 Å². The van der Waals surface area contributed by atoms with Gasteiger partial charge >= 0.3 is 0 Å².